The van der Waals surface area contributed by atoms with Crippen molar-refractivity contribution in [3.8, 4) is 0 Å². The number of unbranched alkanes of at least 4 members (excludes halogenated alkanes) is 4. The molecule has 1 aromatic heterocycles. The summed E-state index contributed by atoms with van der Waals surface area (Å²) in [5.41, 5.74) is 8.43. The van der Waals surface area contributed by atoms with Gasteiger partial charge < -0.3 is 5.73 Å². The second-order valence-electron chi connectivity index (χ2n) is 4.51. The fourth-order valence-corrected chi connectivity index (χ4v) is 1.99. The Labute approximate surface area is 99.3 Å². The Morgan fingerprint density at radius 2 is 2.00 bits per heavy atom. The van der Waals surface area contributed by atoms with Crippen LogP contribution in [0.15, 0.2) is 18.3 Å². The summed E-state index contributed by atoms with van der Waals surface area (Å²) in [6.45, 7) is 4.32. The van der Waals surface area contributed by atoms with Crippen LogP contribution in [-0.4, -0.2) is 4.98 Å². The fraction of sp³-hybridized carbons (Fsp3) is 0.643. The first kappa shape index (κ1) is 13.2. The van der Waals surface area contributed by atoms with Gasteiger partial charge in [0.1, 0.15) is 0 Å². The summed E-state index contributed by atoms with van der Waals surface area (Å²) < 4.78 is 0. The Kier molecular flexibility index (Phi) is 6.09. The zero-order valence-corrected chi connectivity index (χ0v) is 10.6. The van der Waals surface area contributed by atoms with Crippen molar-refractivity contribution in [2.75, 3.05) is 0 Å². The zero-order chi connectivity index (χ0) is 11.8. The van der Waals surface area contributed by atoms with Crippen LogP contribution in [0.2, 0.25) is 0 Å². The average molecular weight is 220 g/mol. The van der Waals surface area contributed by atoms with Gasteiger partial charge in [-0.2, -0.15) is 0 Å². The lowest BCUT2D eigenvalue weighted by atomic mass is 10.0. The lowest BCUT2D eigenvalue weighted by molar-refractivity contribution is 0.546. The second-order valence-corrected chi connectivity index (χ2v) is 4.51. The summed E-state index contributed by atoms with van der Waals surface area (Å²) in [6, 6.07) is 4.16. The highest BCUT2D eigenvalue weighted by Gasteiger charge is 2.09. The van der Waals surface area contributed by atoms with Crippen LogP contribution in [-0.2, 0) is 0 Å². The summed E-state index contributed by atoms with van der Waals surface area (Å²) in [5.74, 6) is 0. The van der Waals surface area contributed by atoms with Crippen LogP contribution in [0.5, 0.6) is 0 Å². The van der Waals surface area contributed by atoms with Crippen molar-refractivity contribution in [1.29, 1.82) is 0 Å². The second kappa shape index (κ2) is 7.39. The van der Waals surface area contributed by atoms with Crippen LogP contribution in [0, 0.1) is 6.92 Å². The van der Waals surface area contributed by atoms with Gasteiger partial charge in [0, 0.05) is 12.2 Å². The van der Waals surface area contributed by atoms with E-state index in [0.29, 0.717) is 0 Å². The van der Waals surface area contributed by atoms with Gasteiger partial charge >= 0.3 is 0 Å². The molecular weight excluding hydrogens is 196 g/mol. The molecule has 0 radical (unpaired) electrons. The molecule has 0 saturated heterocycles. The van der Waals surface area contributed by atoms with Gasteiger partial charge in [-0.1, -0.05) is 45.1 Å². The minimum Gasteiger partial charge on any atom is -0.323 e. The number of aromatic nitrogens is 1. The molecule has 2 nitrogen and oxygen atoms in total. The third-order valence-electron chi connectivity index (χ3n) is 3.02. The molecule has 0 spiro atoms. The number of pyridine rings is 1. The van der Waals surface area contributed by atoms with E-state index in [-0.39, 0.29) is 6.04 Å². The van der Waals surface area contributed by atoms with E-state index in [1.165, 1.54) is 37.7 Å². The van der Waals surface area contributed by atoms with E-state index >= 15 is 0 Å². The van der Waals surface area contributed by atoms with Crippen molar-refractivity contribution in [2.45, 2.75) is 58.4 Å². The molecule has 2 N–H and O–H groups in total. The number of nitrogens with two attached hydrogens (primary N) is 1. The SMILES string of the molecule is CCCCCCCC(N)c1ncccc1C. The van der Waals surface area contributed by atoms with Crippen molar-refractivity contribution in [1.82, 2.24) is 4.98 Å². The lowest BCUT2D eigenvalue weighted by Crippen LogP contribution is -2.13. The highest BCUT2D eigenvalue weighted by Crippen LogP contribution is 2.18. The smallest absolute Gasteiger partial charge is 0.0600 e. The maximum Gasteiger partial charge on any atom is 0.0600 e. The Bertz CT molecular complexity index is 297. The molecule has 0 bridgehead atoms. The molecule has 0 fully saturated rings. The van der Waals surface area contributed by atoms with Crippen LogP contribution < -0.4 is 5.73 Å². The Hall–Kier alpha value is -0.890. The van der Waals surface area contributed by atoms with Crippen molar-refractivity contribution in [3.63, 3.8) is 0 Å². The van der Waals surface area contributed by atoms with Crippen LogP contribution in [0.4, 0.5) is 0 Å². The molecule has 1 rings (SSSR count). The third kappa shape index (κ3) is 4.31. The van der Waals surface area contributed by atoms with E-state index in [2.05, 4.69) is 24.9 Å². The van der Waals surface area contributed by atoms with Crippen LogP contribution in [0.3, 0.4) is 0 Å². The number of aryl methyl sites for hydroxylation is 1. The van der Waals surface area contributed by atoms with Crippen LogP contribution >= 0.6 is 0 Å². The number of nitrogens with zero attached hydrogens (tertiary/aromatic N) is 1. The number of hydrogen-bond donors (Lipinski definition) is 1. The molecule has 0 aliphatic heterocycles. The number of hydrogen-bond acceptors (Lipinski definition) is 2. The Balaban J connectivity index is 2.30. The van der Waals surface area contributed by atoms with Gasteiger partial charge in [0.15, 0.2) is 0 Å². The van der Waals surface area contributed by atoms with Gasteiger partial charge in [-0.3, -0.25) is 4.98 Å². The molecule has 1 unspecified atom stereocenters. The van der Waals surface area contributed by atoms with Crippen molar-refractivity contribution < 1.29 is 0 Å². The summed E-state index contributed by atoms with van der Waals surface area (Å²) in [7, 11) is 0. The molecule has 16 heavy (non-hydrogen) atoms. The van der Waals surface area contributed by atoms with Gasteiger partial charge in [-0.25, -0.2) is 0 Å². The van der Waals surface area contributed by atoms with Crippen molar-refractivity contribution >= 4 is 0 Å². The molecule has 1 heterocycles. The topological polar surface area (TPSA) is 38.9 Å². The van der Waals surface area contributed by atoms with Gasteiger partial charge in [-0.15, -0.1) is 0 Å². The highest BCUT2D eigenvalue weighted by molar-refractivity contribution is 5.20. The molecule has 0 amide bonds. The first-order valence-electron chi connectivity index (χ1n) is 6.42. The average Bonchev–Trinajstić information content (AvgIpc) is 2.29. The molecule has 1 aromatic rings. The molecule has 0 saturated carbocycles. The largest absolute Gasteiger partial charge is 0.323 e. The van der Waals surface area contributed by atoms with E-state index in [0.717, 1.165) is 12.1 Å². The summed E-state index contributed by atoms with van der Waals surface area (Å²) in [4.78, 5) is 4.37. The molecule has 1 atom stereocenters. The molecule has 2 heteroatoms. The molecule has 0 aromatic carbocycles. The summed E-state index contributed by atoms with van der Waals surface area (Å²) in [5, 5.41) is 0. The Morgan fingerprint density at radius 3 is 2.69 bits per heavy atom. The summed E-state index contributed by atoms with van der Waals surface area (Å²) in [6.07, 6.45) is 9.39. The minimum absolute atomic E-state index is 0.114. The number of rotatable bonds is 7. The normalized spacial score (nSPS) is 12.7. The van der Waals surface area contributed by atoms with Crippen molar-refractivity contribution in [3.05, 3.63) is 29.6 Å². The van der Waals surface area contributed by atoms with E-state index in [1.54, 1.807) is 0 Å². The Morgan fingerprint density at radius 1 is 1.25 bits per heavy atom. The molecular formula is C14H24N2. The van der Waals surface area contributed by atoms with Gasteiger partial charge in [-0.05, 0) is 25.0 Å². The fourth-order valence-electron chi connectivity index (χ4n) is 1.99. The third-order valence-corrected chi connectivity index (χ3v) is 3.02. The standard InChI is InChI=1S/C14H24N2/c1-3-4-5-6-7-10-13(15)14-12(2)9-8-11-16-14/h8-9,11,13H,3-7,10,15H2,1-2H3. The summed E-state index contributed by atoms with van der Waals surface area (Å²) >= 11 is 0. The van der Waals surface area contributed by atoms with E-state index < -0.39 is 0 Å². The van der Waals surface area contributed by atoms with Crippen LogP contribution in [0.1, 0.15) is 62.7 Å². The molecule has 0 aliphatic carbocycles. The van der Waals surface area contributed by atoms with E-state index in [9.17, 15) is 0 Å². The van der Waals surface area contributed by atoms with E-state index in [1.807, 2.05) is 12.3 Å². The molecule has 0 aliphatic rings. The van der Waals surface area contributed by atoms with Gasteiger partial charge in [0.25, 0.3) is 0 Å². The highest BCUT2D eigenvalue weighted by atomic mass is 14.8. The maximum absolute atomic E-state index is 6.15. The monoisotopic (exact) mass is 220 g/mol. The molecule has 90 valence electrons. The van der Waals surface area contributed by atoms with Crippen LogP contribution in [0.25, 0.3) is 0 Å². The zero-order valence-electron chi connectivity index (χ0n) is 10.6. The maximum atomic E-state index is 6.15. The van der Waals surface area contributed by atoms with Gasteiger partial charge in [0.2, 0.25) is 0 Å². The first-order valence-corrected chi connectivity index (χ1v) is 6.42. The van der Waals surface area contributed by atoms with E-state index in [4.69, 9.17) is 5.73 Å². The lowest BCUT2D eigenvalue weighted by Gasteiger charge is -2.13. The first-order chi connectivity index (χ1) is 7.75. The predicted molar refractivity (Wildman–Crippen MR) is 69.3 cm³/mol. The van der Waals surface area contributed by atoms with Gasteiger partial charge in [0.05, 0.1) is 5.69 Å². The predicted octanol–water partition coefficient (Wildman–Crippen LogP) is 3.75. The quantitative estimate of drug-likeness (QED) is 0.711. The minimum atomic E-state index is 0.114. The van der Waals surface area contributed by atoms with Crippen molar-refractivity contribution in [2.24, 2.45) is 5.73 Å².